The normalized spacial score (nSPS) is 22.7. The summed E-state index contributed by atoms with van der Waals surface area (Å²) in [6.45, 7) is 5.34. The number of nitrogen functional groups attached to an aromatic ring is 1. The van der Waals surface area contributed by atoms with Gasteiger partial charge in [0.1, 0.15) is 0 Å². The van der Waals surface area contributed by atoms with Crippen molar-refractivity contribution in [1.29, 1.82) is 0 Å². The second-order valence-electron chi connectivity index (χ2n) is 4.77. The van der Waals surface area contributed by atoms with Crippen LogP contribution in [0.25, 0.3) is 0 Å². The van der Waals surface area contributed by atoms with Gasteiger partial charge in [-0.3, -0.25) is 4.79 Å². The topological polar surface area (TPSA) is 55.6 Å². The van der Waals surface area contributed by atoms with E-state index in [2.05, 4.69) is 6.92 Å². The summed E-state index contributed by atoms with van der Waals surface area (Å²) >= 11 is 0. The highest BCUT2D eigenvalue weighted by Crippen LogP contribution is 2.19. The van der Waals surface area contributed by atoms with E-state index in [0.29, 0.717) is 24.3 Å². The maximum absolute atomic E-state index is 12.4. The summed E-state index contributed by atoms with van der Waals surface area (Å²) < 4.78 is 5.76. The monoisotopic (exact) mass is 284 g/mol. The maximum Gasteiger partial charge on any atom is 0.256 e. The Bertz CT molecular complexity index is 439. The molecular formula is C14H21ClN2O2. The van der Waals surface area contributed by atoms with Gasteiger partial charge in [0.2, 0.25) is 0 Å². The zero-order chi connectivity index (χ0) is 13.1. The molecule has 0 aromatic heterocycles. The molecule has 19 heavy (non-hydrogen) atoms. The average molecular weight is 285 g/mol. The highest BCUT2D eigenvalue weighted by Gasteiger charge is 2.28. The molecule has 1 aromatic rings. The average Bonchev–Trinajstić information content (AvgIpc) is 2.37. The van der Waals surface area contributed by atoms with Gasteiger partial charge in [0, 0.05) is 18.8 Å². The van der Waals surface area contributed by atoms with E-state index < -0.39 is 0 Å². The van der Waals surface area contributed by atoms with E-state index in [1.54, 1.807) is 12.1 Å². The third kappa shape index (κ3) is 3.61. The zero-order valence-electron chi connectivity index (χ0n) is 11.3. The molecule has 1 amide bonds. The van der Waals surface area contributed by atoms with Crippen LogP contribution in [0.3, 0.4) is 0 Å². The van der Waals surface area contributed by atoms with Crippen LogP contribution in [0, 0.1) is 0 Å². The Morgan fingerprint density at radius 1 is 1.42 bits per heavy atom. The van der Waals surface area contributed by atoms with Crippen LogP contribution >= 0.6 is 12.4 Å². The Balaban J connectivity index is 0.00000180. The van der Waals surface area contributed by atoms with Gasteiger partial charge in [-0.2, -0.15) is 0 Å². The molecule has 2 N–H and O–H groups in total. The number of amides is 1. The number of rotatable bonds is 2. The second-order valence-corrected chi connectivity index (χ2v) is 4.77. The third-order valence-electron chi connectivity index (χ3n) is 3.26. The quantitative estimate of drug-likeness (QED) is 0.848. The summed E-state index contributed by atoms with van der Waals surface area (Å²) in [5.41, 5.74) is 6.97. The second kappa shape index (κ2) is 6.78. The van der Waals surface area contributed by atoms with Crippen LogP contribution < -0.4 is 5.73 Å². The molecule has 1 aliphatic rings. The van der Waals surface area contributed by atoms with Crippen LogP contribution in [0.5, 0.6) is 0 Å². The number of anilines is 1. The van der Waals surface area contributed by atoms with Gasteiger partial charge in [0.25, 0.3) is 5.91 Å². The van der Waals surface area contributed by atoms with Crippen molar-refractivity contribution in [1.82, 2.24) is 4.90 Å². The van der Waals surface area contributed by atoms with Crippen LogP contribution in [-0.2, 0) is 4.74 Å². The molecule has 5 heteroatoms. The van der Waals surface area contributed by atoms with E-state index in [0.717, 1.165) is 6.42 Å². The van der Waals surface area contributed by atoms with Crippen molar-refractivity contribution < 1.29 is 9.53 Å². The van der Waals surface area contributed by atoms with Crippen molar-refractivity contribution in [3.8, 4) is 0 Å². The first-order valence-corrected chi connectivity index (χ1v) is 6.41. The van der Waals surface area contributed by atoms with Gasteiger partial charge in [0.05, 0.1) is 17.8 Å². The number of ether oxygens (including phenoxy) is 1. The fourth-order valence-electron chi connectivity index (χ4n) is 2.30. The zero-order valence-corrected chi connectivity index (χ0v) is 12.2. The summed E-state index contributed by atoms with van der Waals surface area (Å²) in [5.74, 6) is 0.00157. The van der Waals surface area contributed by atoms with Crippen LogP contribution in [0.4, 0.5) is 5.69 Å². The molecule has 2 rings (SSSR count). The van der Waals surface area contributed by atoms with E-state index >= 15 is 0 Å². The molecule has 0 radical (unpaired) electrons. The van der Waals surface area contributed by atoms with Crippen LogP contribution in [0.1, 0.15) is 30.6 Å². The third-order valence-corrected chi connectivity index (χ3v) is 3.26. The Morgan fingerprint density at radius 3 is 2.74 bits per heavy atom. The Labute approximate surface area is 120 Å². The molecule has 2 unspecified atom stereocenters. The van der Waals surface area contributed by atoms with Crippen molar-refractivity contribution in [2.45, 2.75) is 32.5 Å². The smallest absolute Gasteiger partial charge is 0.256 e. The lowest BCUT2D eigenvalue weighted by Crippen LogP contribution is -2.49. The summed E-state index contributed by atoms with van der Waals surface area (Å²) in [4.78, 5) is 14.3. The fraction of sp³-hybridized carbons (Fsp3) is 0.500. The number of morpholine rings is 1. The summed E-state index contributed by atoms with van der Waals surface area (Å²) in [5, 5.41) is 0. The van der Waals surface area contributed by atoms with Gasteiger partial charge >= 0.3 is 0 Å². The van der Waals surface area contributed by atoms with Crippen molar-refractivity contribution in [2.75, 3.05) is 18.8 Å². The Morgan fingerprint density at radius 2 is 2.11 bits per heavy atom. The number of halogens is 1. The minimum Gasteiger partial charge on any atom is -0.398 e. The fourth-order valence-corrected chi connectivity index (χ4v) is 2.30. The molecule has 0 spiro atoms. The number of carbonyl (C=O) groups is 1. The van der Waals surface area contributed by atoms with E-state index in [-0.39, 0.29) is 30.5 Å². The lowest BCUT2D eigenvalue weighted by Gasteiger charge is -2.36. The standard InChI is InChI=1S/C14H20N2O2.ClH/c1-3-11-9-16(8-10(2)18-11)14(17)12-6-4-5-7-13(12)15;/h4-7,10-11H,3,8-9,15H2,1-2H3;1H. The van der Waals surface area contributed by atoms with Crippen LogP contribution in [0.15, 0.2) is 24.3 Å². The van der Waals surface area contributed by atoms with Gasteiger partial charge in [0.15, 0.2) is 0 Å². The largest absolute Gasteiger partial charge is 0.398 e. The van der Waals surface area contributed by atoms with Crippen molar-refractivity contribution >= 4 is 24.0 Å². The van der Waals surface area contributed by atoms with Crippen LogP contribution in [-0.4, -0.2) is 36.1 Å². The predicted molar refractivity (Wildman–Crippen MR) is 78.6 cm³/mol. The number of carbonyl (C=O) groups excluding carboxylic acids is 1. The molecular weight excluding hydrogens is 264 g/mol. The first-order chi connectivity index (χ1) is 8.61. The molecule has 0 aliphatic carbocycles. The summed E-state index contributed by atoms with van der Waals surface area (Å²) in [7, 11) is 0. The minimum atomic E-state index is 0. The number of hydrogen-bond acceptors (Lipinski definition) is 3. The molecule has 1 aliphatic heterocycles. The Kier molecular flexibility index (Phi) is 5.63. The van der Waals surface area contributed by atoms with Gasteiger partial charge in [-0.05, 0) is 25.5 Å². The molecule has 0 saturated carbocycles. The SMILES string of the molecule is CCC1CN(C(=O)c2ccccc2N)CC(C)O1.Cl. The van der Waals surface area contributed by atoms with Gasteiger partial charge < -0.3 is 15.4 Å². The highest BCUT2D eigenvalue weighted by atomic mass is 35.5. The van der Waals surface area contributed by atoms with Gasteiger partial charge in [-0.25, -0.2) is 0 Å². The van der Waals surface area contributed by atoms with Crippen molar-refractivity contribution in [3.05, 3.63) is 29.8 Å². The summed E-state index contributed by atoms with van der Waals surface area (Å²) in [6.07, 6.45) is 1.12. The number of benzene rings is 1. The lowest BCUT2D eigenvalue weighted by molar-refractivity contribution is -0.0680. The van der Waals surface area contributed by atoms with Crippen molar-refractivity contribution in [2.24, 2.45) is 0 Å². The number of nitrogens with two attached hydrogens (primary N) is 1. The lowest BCUT2D eigenvalue weighted by atomic mass is 10.1. The molecule has 1 heterocycles. The van der Waals surface area contributed by atoms with Gasteiger partial charge in [-0.15, -0.1) is 12.4 Å². The van der Waals surface area contributed by atoms with E-state index in [1.807, 2.05) is 24.0 Å². The molecule has 2 atom stereocenters. The van der Waals surface area contributed by atoms with Crippen LogP contribution in [0.2, 0.25) is 0 Å². The van der Waals surface area contributed by atoms with E-state index in [4.69, 9.17) is 10.5 Å². The molecule has 1 saturated heterocycles. The molecule has 106 valence electrons. The number of para-hydroxylation sites is 1. The summed E-state index contributed by atoms with van der Waals surface area (Å²) in [6, 6.07) is 7.21. The number of hydrogen-bond donors (Lipinski definition) is 1. The molecule has 1 aromatic carbocycles. The molecule has 1 fully saturated rings. The van der Waals surface area contributed by atoms with E-state index in [9.17, 15) is 4.79 Å². The van der Waals surface area contributed by atoms with Gasteiger partial charge in [-0.1, -0.05) is 19.1 Å². The van der Waals surface area contributed by atoms with Crippen molar-refractivity contribution in [3.63, 3.8) is 0 Å². The first-order valence-electron chi connectivity index (χ1n) is 6.41. The first kappa shape index (κ1) is 15.8. The molecule has 0 bridgehead atoms. The predicted octanol–water partition coefficient (Wildman–Crippen LogP) is 2.33. The number of nitrogens with zero attached hydrogens (tertiary/aromatic N) is 1. The van der Waals surface area contributed by atoms with E-state index in [1.165, 1.54) is 0 Å². The molecule has 4 nitrogen and oxygen atoms in total. The maximum atomic E-state index is 12.4. The Hall–Kier alpha value is -1.26. The highest BCUT2D eigenvalue weighted by molar-refractivity contribution is 5.99. The minimum absolute atomic E-state index is 0.